The van der Waals surface area contributed by atoms with Gasteiger partial charge in [-0.05, 0) is 43.8 Å². The molecule has 0 aromatic carbocycles. The van der Waals surface area contributed by atoms with Gasteiger partial charge in [0.25, 0.3) is 0 Å². The third-order valence-corrected chi connectivity index (χ3v) is 2.54. The first-order chi connectivity index (χ1) is 6.45. The lowest BCUT2D eigenvalue weighted by atomic mass is 9.94. The summed E-state index contributed by atoms with van der Waals surface area (Å²) in [5, 5.41) is 3.41. The van der Waals surface area contributed by atoms with Crippen LogP contribution in [0.15, 0.2) is 18.7 Å². The van der Waals surface area contributed by atoms with Gasteiger partial charge in [-0.1, -0.05) is 0 Å². The van der Waals surface area contributed by atoms with Gasteiger partial charge in [-0.2, -0.15) is 0 Å². The highest BCUT2D eigenvalue weighted by Gasteiger charge is 2.13. The summed E-state index contributed by atoms with van der Waals surface area (Å²) in [6.45, 7) is 2.33. The first kappa shape index (κ1) is 8.63. The molecule has 3 heteroatoms. The maximum Gasteiger partial charge on any atom is 0.115 e. The van der Waals surface area contributed by atoms with Crippen LogP contribution >= 0.6 is 0 Å². The molecule has 2 heterocycles. The summed E-state index contributed by atoms with van der Waals surface area (Å²) in [7, 11) is 0. The van der Waals surface area contributed by atoms with Gasteiger partial charge in [0, 0.05) is 12.4 Å². The van der Waals surface area contributed by atoms with Crippen LogP contribution in [0.3, 0.4) is 0 Å². The van der Waals surface area contributed by atoms with Crippen molar-refractivity contribution in [2.75, 3.05) is 13.1 Å². The molecule has 1 unspecified atom stereocenters. The zero-order valence-electron chi connectivity index (χ0n) is 7.74. The summed E-state index contributed by atoms with van der Waals surface area (Å²) in [6.07, 6.45) is 9.18. The second-order valence-electron chi connectivity index (χ2n) is 3.66. The summed E-state index contributed by atoms with van der Waals surface area (Å²) >= 11 is 0. The van der Waals surface area contributed by atoms with Gasteiger partial charge in [0.05, 0.1) is 0 Å². The topological polar surface area (TPSA) is 37.8 Å². The van der Waals surface area contributed by atoms with Crippen LogP contribution in [0.1, 0.15) is 18.4 Å². The summed E-state index contributed by atoms with van der Waals surface area (Å²) in [6, 6.07) is 0. The molecule has 1 N–H and O–H groups in total. The molecule has 1 aromatic rings. The lowest BCUT2D eigenvalue weighted by Crippen LogP contribution is -2.30. The van der Waals surface area contributed by atoms with E-state index in [1.54, 1.807) is 6.33 Å². The minimum Gasteiger partial charge on any atom is -0.316 e. The molecule has 0 saturated carbocycles. The van der Waals surface area contributed by atoms with Gasteiger partial charge >= 0.3 is 0 Å². The zero-order valence-corrected chi connectivity index (χ0v) is 7.74. The number of hydrogen-bond donors (Lipinski definition) is 1. The van der Waals surface area contributed by atoms with Crippen molar-refractivity contribution in [1.29, 1.82) is 0 Å². The predicted molar refractivity (Wildman–Crippen MR) is 51.3 cm³/mol. The Morgan fingerprint density at radius 2 is 2.23 bits per heavy atom. The Morgan fingerprint density at radius 3 is 2.92 bits per heavy atom. The Bertz CT molecular complexity index is 242. The molecule has 1 saturated heterocycles. The van der Waals surface area contributed by atoms with E-state index in [9.17, 15) is 0 Å². The Hall–Kier alpha value is -0.960. The Labute approximate surface area is 78.6 Å². The molecule has 1 fully saturated rings. The fraction of sp³-hybridized carbons (Fsp3) is 0.600. The van der Waals surface area contributed by atoms with E-state index in [0.717, 1.165) is 18.9 Å². The molecule has 1 aromatic heterocycles. The Kier molecular flexibility index (Phi) is 2.87. The average molecular weight is 177 g/mol. The third-order valence-electron chi connectivity index (χ3n) is 2.54. The summed E-state index contributed by atoms with van der Waals surface area (Å²) in [5.74, 6) is 0.778. The van der Waals surface area contributed by atoms with E-state index in [1.807, 2.05) is 12.4 Å². The predicted octanol–water partition coefficient (Wildman–Crippen LogP) is 1.02. The molecule has 0 bridgehead atoms. The molecule has 3 nitrogen and oxygen atoms in total. The van der Waals surface area contributed by atoms with Crippen LogP contribution in [0.5, 0.6) is 0 Å². The molecule has 0 aliphatic carbocycles. The second kappa shape index (κ2) is 4.33. The van der Waals surface area contributed by atoms with Gasteiger partial charge < -0.3 is 5.32 Å². The van der Waals surface area contributed by atoms with Crippen molar-refractivity contribution in [3.63, 3.8) is 0 Å². The molecular weight excluding hydrogens is 162 g/mol. The third kappa shape index (κ3) is 2.49. The highest BCUT2D eigenvalue weighted by Crippen LogP contribution is 2.14. The largest absolute Gasteiger partial charge is 0.316 e. The quantitative estimate of drug-likeness (QED) is 0.733. The maximum absolute atomic E-state index is 4.02. The van der Waals surface area contributed by atoms with Crippen LogP contribution < -0.4 is 5.32 Å². The van der Waals surface area contributed by atoms with Crippen molar-refractivity contribution < 1.29 is 0 Å². The molecule has 0 spiro atoms. The molecule has 70 valence electrons. The first-order valence-corrected chi connectivity index (χ1v) is 4.90. The molecule has 13 heavy (non-hydrogen) atoms. The molecule has 0 radical (unpaired) electrons. The van der Waals surface area contributed by atoms with Crippen LogP contribution in [0, 0.1) is 5.92 Å². The van der Waals surface area contributed by atoms with E-state index in [-0.39, 0.29) is 0 Å². The van der Waals surface area contributed by atoms with E-state index in [1.165, 1.54) is 24.9 Å². The van der Waals surface area contributed by atoms with Crippen molar-refractivity contribution in [2.24, 2.45) is 5.92 Å². The number of aromatic nitrogens is 2. The molecule has 2 rings (SSSR count). The molecular formula is C10H15N3. The summed E-state index contributed by atoms with van der Waals surface area (Å²) < 4.78 is 0. The van der Waals surface area contributed by atoms with Crippen molar-refractivity contribution in [3.05, 3.63) is 24.3 Å². The number of piperidine rings is 1. The van der Waals surface area contributed by atoms with Crippen LogP contribution in [0.4, 0.5) is 0 Å². The fourth-order valence-electron chi connectivity index (χ4n) is 1.87. The van der Waals surface area contributed by atoms with Gasteiger partial charge in [0.1, 0.15) is 6.33 Å². The number of nitrogens with zero attached hydrogens (tertiary/aromatic N) is 2. The molecule has 1 aliphatic heterocycles. The first-order valence-electron chi connectivity index (χ1n) is 4.90. The van der Waals surface area contributed by atoms with Gasteiger partial charge in [-0.25, -0.2) is 9.97 Å². The van der Waals surface area contributed by atoms with Crippen molar-refractivity contribution >= 4 is 0 Å². The van der Waals surface area contributed by atoms with Gasteiger partial charge in [0.2, 0.25) is 0 Å². The smallest absolute Gasteiger partial charge is 0.115 e. The fourth-order valence-corrected chi connectivity index (χ4v) is 1.87. The minimum atomic E-state index is 0.778. The number of rotatable bonds is 2. The lowest BCUT2D eigenvalue weighted by Gasteiger charge is -2.22. The van der Waals surface area contributed by atoms with Gasteiger partial charge in [-0.15, -0.1) is 0 Å². The van der Waals surface area contributed by atoms with Crippen molar-refractivity contribution in [2.45, 2.75) is 19.3 Å². The molecule has 0 amide bonds. The van der Waals surface area contributed by atoms with Crippen molar-refractivity contribution in [1.82, 2.24) is 15.3 Å². The number of hydrogen-bond acceptors (Lipinski definition) is 3. The summed E-state index contributed by atoms with van der Waals surface area (Å²) in [4.78, 5) is 8.04. The van der Waals surface area contributed by atoms with Crippen LogP contribution in [-0.4, -0.2) is 23.1 Å². The highest BCUT2D eigenvalue weighted by atomic mass is 14.9. The zero-order chi connectivity index (χ0) is 8.93. The van der Waals surface area contributed by atoms with Gasteiger partial charge in [0.15, 0.2) is 0 Å². The molecule has 1 atom stereocenters. The van der Waals surface area contributed by atoms with E-state index in [4.69, 9.17) is 0 Å². The van der Waals surface area contributed by atoms with E-state index in [2.05, 4.69) is 15.3 Å². The lowest BCUT2D eigenvalue weighted by molar-refractivity contribution is 0.375. The highest BCUT2D eigenvalue weighted by molar-refractivity contribution is 5.03. The monoisotopic (exact) mass is 177 g/mol. The molecule has 1 aliphatic rings. The van der Waals surface area contributed by atoms with Gasteiger partial charge in [-0.3, -0.25) is 0 Å². The van der Waals surface area contributed by atoms with Crippen LogP contribution in [0.2, 0.25) is 0 Å². The normalized spacial score (nSPS) is 22.9. The van der Waals surface area contributed by atoms with Crippen LogP contribution in [0.25, 0.3) is 0 Å². The van der Waals surface area contributed by atoms with Crippen LogP contribution in [-0.2, 0) is 6.42 Å². The summed E-state index contributed by atoms with van der Waals surface area (Å²) in [5.41, 5.74) is 1.26. The standard InChI is InChI=1S/C10H15N3/c1-2-9(5-11-3-1)4-10-6-12-8-13-7-10/h6-9,11H,1-5H2. The average Bonchev–Trinajstić information content (AvgIpc) is 2.21. The Balaban J connectivity index is 1.90. The van der Waals surface area contributed by atoms with Crippen molar-refractivity contribution in [3.8, 4) is 0 Å². The van der Waals surface area contributed by atoms with E-state index in [0.29, 0.717) is 0 Å². The van der Waals surface area contributed by atoms with E-state index >= 15 is 0 Å². The Morgan fingerprint density at radius 1 is 1.38 bits per heavy atom. The second-order valence-corrected chi connectivity index (χ2v) is 3.66. The SMILES string of the molecule is c1ncc(CC2CCCNC2)cn1. The maximum atomic E-state index is 4.02. The van der Waals surface area contributed by atoms with E-state index < -0.39 is 0 Å². The minimum absolute atomic E-state index is 0.778. The number of nitrogens with one attached hydrogen (secondary N) is 1.